The van der Waals surface area contributed by atoms with Gasteiger partial charge < -0.3 is 4.74 Å². The highest BCUT2D eigenvalue weighted by Crippen LogP contribution is 2.29. The summed E-state index contributed by atoms with van der Waals surface area (Å²) >= 11 is 0. The number of hydrogen-bond acceptors (Lipinski definition) is 3. The molecule has 0 spiro atoms. The Labute approximate surface area is 115 Å². The molecular weight excluding hydrogens is 295 g/mol. The van der Waals surface area contributed by atoms with Gasteiger partial charge in [0.2, 0.25) is 10.0 Å². The van der Waals surface area contributed by atoms with E-state index in [0.29, 0.717) is 6.07 Å². The summed E-state index contributed by atoms with van der Waals surface area (Å²) in [5.74, 6) is -4.15. The predicted molar refractivity (Wildman–Crippen MR) is 65.1 cm³/mol. The van der Waals surface area contributed by atoms with Crippen LogP contribution in [-0.2, 0) is 14.8 Å². The predicted octanol–water partition coefficient (Wildman–Crippen LogP) is 1.90. The van der Waals surface area contributed by atoms with Crippen molar-refractivity contribution >= 4 is 10.0 Å². The normalized spacial score (nSPS) is 20.1. The molecule has 0 radical (unpaired) electrons. The van der Waals surface area contributed by atoms with E-state index in [2.05, 4.69) is 0 Å². The Bertz CT molecular complexity index is 631. The first-order valence-corrected chi connectivity index (χ1v) is 7.35. The van der Waals surface area contributed by atoms with E-state index in [1.54, 1.807) is 13.8 Å². The summed E-state index contributed by atoms with van der Waals surface area (Å²) in [6.07, 6.45) is 0. The van der Waals surface area contributed by atoms with Gasteiger partial charge in [0.15, 0.2) is 11.6 Å². The number of benzene rings is 1. The monoisotopic (exact) mass is 309 g/mol. The van der Waals surface area contributed by atoms with Crippen molar-refractivity contribution in [3.8, 4) is 0 Å². The average Bonchev–Trinajstić information content (AvgIpc) is 2.32. The van der Waals surface area contributed by atoms with Crippen LogP contribution in [0.1, 0.15) is 13.8 Å². The molecule has 1 aliphatic rings. The van der Waals surface area contributed by atoms with Gasteiger partial charge in [-0.25, -0.2) is 21.6 Å². The van der Waals surface area contributed by atoms with E-state index < -0.39 is 37.9 Å². The molecule has 1 aliphatic heterocycles. The van der Waals surface area contributed by atoms with Crippen LogP contribution in [-0.4, -0.2) is 38.0 Å². The molecular formula is C12H14F3NO3S. The molecule has 1 aromatic carbocycles. The number of hydrogen-bond donors (Lipinski definition) is 0. The van der Waals surface area contributed by atoms with E-state index in [9.17, 15) is 21.6 Å². The Kier molecular flexibility index (Phi) is 3.83. The van der Waals surface area contributed by atoms with Gasteiger partial charge in [-0.2, -0.15) is 4.31 Å². The van der Waals surface area contributed by atoms with Crippen molar-refractivity contribution in [1.82, 2.24) is 4.31 Å². The zero-order valence-electron chi connectivity index (χ0n) is 11.0. The highest BCUT2D eigenvalue weighted by Gasteiger charge is 2.41. The number of morpholine rings is 1. The molecule has 0 atom stereocenters. The van der Waals surface area contributed by atoms with Crippen molar-refractivity contribution < 1.29 is 26.3 Å². The van der Waals surface area contributed by atoms with Crippen LogP contribution in [0.4, 0.5) is 13.2 Å². The van der Waals surface area contributed by atoms with Crippen molar-refractivity contribution in [1.29, 1.82) is 0 Å². The second kappa shape index (κ2) is 5.01. The molecule has 0 amide bonds. The summed E-state index contributed by atoms with van der Waals surface area (Å²) in [5.41, 5.74) is -0.894. The molecule has 0 aromatic heterocycles. The van der Waals surface area contributed by atoms with Gasteiger partial charge in [-0.3, -0.25) is 0 Å². The number of ether oxygens (including phenoxy) is 1. The second-order valence-electron chi connectivity index (χ2n) is 5.14. The summed E-state index contributed by atoms with van der Waals surface area (Å²) in [4.78, 5) is -0.869. The van der Waals surface area contributed by atoms with Crippen molar-refractivity contribution in [2.45, 2.75) is 24.3 Å². The largest absolute Gasteiger partial charge is 0.378 e. The molecule has 112 valence electrons. The topological polar surface area (TPSA) is 46.6 Å². The molecule has 0 aliphatic carbocycles. The van der Waals surface area contributed by atoms with Crippen molar-refractivity contribution in [3.05, 3.63) is 29.6 Å². The van der Waals surface area contributed by atoms with E-state index in [1.165, 1.54) is 0 Å². The number of rotatable bonds is 2. The lowest BCUT2D eigenvalue weighted by Crippen LogP contribution is -2.55. The number of nitrogens with zero attached hydrogens (tertiary/aromatic N) is 1. The fraction of sp³-hybridized carbons (Fsp3) is 0.500. The second-order valence-corrected chi connectivity index (χ2v) is 6.97. The minimum Gasteiger partial charge on any atom is -0.378 e. The Balaban J connectivity index is 2.53. The third-order valence-corrected chi connectivity index (χ3v) is 5.24. The minimum absolute atomic E-state index is 0.0216. The molecule has 1 fully saturated rings. The minimum atomic E-state index is -4.27. The molecule has 0 N–H and O–H groups in total. The SMILES string of the molecule is CC1(C)COCCN1S(=O)(=O)c1cc(F)c(F)cc1F. The molecule has 8 heteroatoms. The summed E-state index contributed by atoms with van der Waals surface area (Å²) in [5, 5.41) is 0. The molecule has 0 unspecified atom stereocenters. The zero-order chi connectivity index (χ0) is 15.1. The zero-order valence-corrected chi connectivity index (χ0v) is 11.8. The van der Waals surface area contributed by atoms with Crippen LogP contribution in [0.15, 0.2) is 17.0 Å². The smallest absolute Gasteiger partial charge is 0.246 e. The van der Waals surface area contributed by atoms with Crippen LogP contribution in [0.3, 0.4) is 0 Å². The first-order chi connectivity index (χ1) is 9.16. The van der Waals surface area contributed by atoms with Crippen molar-refractivity contribution in [2.24, 2.45) is 0 Å². The van der Waals surface area contributed by atoms with Gasteiger partial charge in [0.25, 0.3) is 0 Å². The fourth-order valence-electron chi connectivity index (χ4n) is 2.11. The molecule has 2 rings (SSSR count). The maximum Gasteiger partial charge on any atom is 0.246 e. The first kappa shape index (κ1) is 15.3. The van der Waals surface area contributed by atoms with Gasteiger partial charge in [0.1, 0.15) is 10.7 Å². The lowest BCUT2D eigenvalue weighted by atomic mass is 10.1. The first-order valence-electron chi connectivity index (χ1n) is 5.91. The summed E-state index contributed by atoms with van der Waals surface area (Å²) in [7, 11) is -4.27. The van der Waals surface area contributed by atoms with E-state index in [0.717, 1.165) is 4.31 Å². The summed E-state index contributed by atoms with van der Waals surface area (Å²) in [6.45, 7) is 3.54. The van der Waals surface area contributed by atoms with Gasteiger partial charge in [0, 0.05) is 12.6 Å². The van der Waals surface area contributed by atoms with E-state index in [-0.39, 0.29) is 25.8 Å². The standard InChI is InChI=1S/C12H14F3NO3S/c1-12(2)7-19-4-3-16(12)20(17,18)11-6-9(14)8(13)5-10(11)15/h5-6H,3-4,7H2,1-2H3. The third kappa shape index (κ3) is 2.55. The Hall–Kier alpha value is -1.12. The lowest BCUT2D eigenvalue weighted by molar-refractivity contribution is -0.00780. The maximum absolute atomic E-state index is 13.7. The number of sulfonamides is 1. The van der Waals surface area contributed by atoms with Crippen molar-refractivity contribution in [2.75, 3.05) is 19.8 Å². The Morgan fingerprint density at radius 2 is 1.75 bits per heavy atom. The summed E-state index contributed by atoms with van der Waals surface area (Å²) < 4.78 is 70.9. The molecule has 1 saturated heterocycles. The van der Waals surface area contributed by atoms with Gasteiger partial charge in [-0.1, -0.05) is 0 Å². The highest BCUT2D eigenvalue weighted by molar-refractivity contribution is 7.89. The quantitative estimate of drug-likeness (QED) is 0.784. The molecule has 0 bridgehead atoms. The van der Waals surface area contributed by atoms with Gasteiger partial charge in [-0.05, 0) is 19.9 Å². The Morgan fingerprint density at radius 1 is 1.15 bits per heavy atom. The van der Waals surface area contributed by atoms with Gasteiger partial charge in [-0.15, -0.1) is 0 Å². The summed E-state index contributed by atoms with van der Waals surface area (Å²) in [6, 6.07) is 0.598. The molecule has 1 aromatic rings. The molecule has 4 nitrogen and oxygen atoms in total. The Morgan fingerprint density at radius 3 is 2.35 bits per heavy atom. The fourth-order valence-corrected chi connectivity index (χ4v) is 3.92. The van der Waals surface area contributed by atoms with Gasteiger partial charge in [0.05, 0.1) is 18.8 Å². The number of halogens is 3. The van der Waals surface area contributed by atoms with Crippen LogP contribution < -0.4 is 0 Å². The van der Waals surface area contributed by atoms with Crippen LogP contribution in [0.25, 0.3) is 0 Å². The van der Waals surface area contributed by atoms with E-state index >= 15 is 0 Å². The average molecular weight is 309 g/mol. The van der Waals surface area contributed by atoms with Crippen molar-refractivity contribution in [3.63, 3.8) is 0 Å². The maximum atomic E-state index is 13.7. The highest BCUT2D eigenvalue weighted by atomic mass is 32.2. The van der Waals surface area contributed by atoms with Crippen LogP contribution in [0, 0.1) is 17.5 Å². The van der Waals surface area contributed by atoms with E-state index in [1.807, 2.05) is 0 Å². The lowest BCUT2D eigenvalue weighted by Gasteiger charge is -2.40. The van der Waals surface area contributed by atoms with E-state index in [4.69, 9.17) is 4.74 Å². The third-order valence-electron chi connectivity index (χ3n) is 3.11. The molecule has 0 saturated carbocycles. The molecule has 20 heavy (non-hydrogen) atoms. The van der Waals surface area contributed by atoms with Crippen LogP contribution in [0.5, 0.6) is 0 Å². The van der Waals surface area contributed by atoms with Crippen LogP contribution >= 0.6 is 0 Å². The molecule has 1 heterocycles. The van der Waals surface area contributed by atoms with Gasteiger partial charge >= 0.3 is 0 Å². The van der Waals surface area contributed by atoms with Crippen LogP contribution in [0.2, 0.25) is 0 Å².